The number of rotatable bonds is 7. The van der Waals surface area contributed by atoms with Gasteiger partial charge < -0.3 is 11.2 Å². The first-order valence-electron chi connectivity index (χ1n) is 10.0. The maximum atomic E-state index is 13.3. The van der Waals surface area contributed by atoms with Crippen LogP contribution >= 0.6 is 23.4 Å². The highest BCUT2D eigenvalue weighted by atomic mass is 35.5. The molecule has 3 aromatic carbocycles. The zero-order chi connectivity index (χ0) is 23.4. The third kappa shape index (κ3) is 5.24. The lowest BCUT2D eigenvalue weighted by Crippen LogP contribution is -2.20. The Morgan fingerprint density at radius 2 is 1.76 bits per heavy atom. The summed E-state index contributed by atoms with van der Waals surface area (Å²) in [7, 11) is 0. The van der Waals surface area contributed by atoms with Crippen molar-refractivity contribution in [1.29, 1.82) is 0 Å². The molecular weight excluding hydrogens is 458 g/mol. The molecule has 0 saturated carbocycles. The van der Waals surface area contributed by atoms with Crippen molar-refractivity contribution in [3.63, 3.8) is 0 Å². The first kappa shape index (κ1) is 22.6. The predicted octanol–water partition coefficient (Wildman–Crippen LogP) is 4.99. The van der Waals surface area contributed by atoms with E-state index in [9.17, 15) is 9.59 Å². The van der Waals surface area contributed by atoms with E-state index >= 15 is 0 Å². The number of nitrogens with one attached hydrogen (secondary N) is 1. The highest BCUT2D eigenvalue weighted by Crippen LogP contribution is 2.36. The van der Waals surface area contributed by atoms with Crippen LogP contribution < -0.4 is 11.2 Å². The molecule has 4 rings (SSSR count). The van der Waals surface area contributed by atoms with Gasteiger partial charge in [-0.25, -0.2) is 4.68 Å². The summed E-state index contributed by atoms with van der Waals surface area (Å²) in [4.78, 5) is 25.0. The molecule has 166 valence electrons. The number of amides is 1. The average molecular weight is 478 g/mol. The Labute approximate surface area is 199 Å². The molecule has 1 aromatic heterocycles. The molecule has 0 aliphatic rings. The Balaban J connectivity index is 1.63. The van der Waals surface area contributed by atoms with Gasteiger partial charge in [-0.3, -0.25) is 9.59 Å². The molecule has 4 aromatic rings. The van der Waals surface area contributed by atoms with Crippen LogP contribution in [0.4, 0.5) is 5.69 Å². The molecule has 0 radical (unpaired) electrons. The van der Waals surface area contributed by atoms with Gasteiger partial charge in [0.1, 0.15) is 5.25 Å². The number of Topliss-reactive ketones (excluding diaryl/α,β-unsaturated/α-hetero) is 1. The minimum Gasteiger partial charge on any atom is -0.335 e. The lowest BCUT2D eigenvalue weighted by molar-refractivity contribution is -0.115. The van der Waals surface area contributed by atoms with Crippen LogP contribution in [0.5, 0.6) is 0 Å². The van der Waals surface area contributed by atoms with Crippen LogP contribution in [0.25, 0.3) is 11.4 Å². The van der Waals surface area contributed by atoms with Gasteiger partial charge >= 0.3 is 0 Å². The summed E-state index contributed by atoms with van der Waals surface area (Å²) < 4.78 is 1.34. The molecule has 0 bridgehead atoms. The van der Waals surface area contributed by atoms with Crippen molar-refractivity contribution in [2.24, 2.45) is 0 Å². The lowest BCUT2D eigenvalue weighted by Gasteiger charge is -2.17. The lowest BCUT2D eigenvalue weighted by atomic mass is 10.1. The zero-order valence-corrected chi connectivity index (χ0v) is 19.2. The second-order valence-corrected chi connectivity index (χ2v) is 8.73. The number of halogens is 1. The second-order valence-electron chi connectivity index (χ2n) is 7.22. The van der Waals surface area contributed by atoms with Crippen molar-refractivity contribution in [2.45, 2.75) is 17.3 Å². The summed E-state index contributed by atoms with van der Waals surface area (Å²) in [5, 5.41) is 11.5. The summed E-state index contributed by atoms with van der Waals surface area (Å²) >= 11 is 7.27. The fourth-order valence-corrected chi connectivity index (χ4v) is 4.36. The zero-order valence-electron chi connectivity index (χ0n) is 17.6. The van der Waals surface area contributed by atoms with Crippen molar-refractivity contribution in [1.82, 2.24) is 14.9 Å². The Hall–Kier alpha value is -3.62. The molecule has 0 unspecified atom stereocenters. The Morgan fingerprint density at radius 1 is 1.00 bits per heavy atom. The van der Waals surface area contributed by atoms with E-state index in [0.29, 0.717) is 32.8 Å². The molecule has 9 heteroatoms. The van der Waals surface area contributed by atoms with Crippen LogP contribution in [0.2, 0.25) is 5.02 Å². The van der Waals surface area contributed by atoms with Gasteiger partial charge in [0.05, 0.1) is 0 Å². The first-order valence-corrected chi connectivity index (χ1v) is 11.3. The van der Waals surface area contributed by atoms with Gasteiger partial charge in [-0.15, -0.1) is 10.2 Å². The van der Waals surface area contributed by atoms with E-state index in [0.717, 1.165) is 5.56 Å². The van der Waals surface area contributed by atoms with Gasteiger partial charge in [-0.1, -0.05) is 78.0 Å². The molecular formula is C24H20ClN5O2S. The smallest absolute Gasteiger partial charge is 0.242 e. The van der Waals surface area contributed by atoms with E-state index in [4.69, 9.17) is 17.4 Å². The van der Waals surface area contributed by atoms with E-state index in [-0.39, 0.29) is 11.7 Å². The number of anilines is 1. The molecule has 0 saturated heterocycles. The van der Waals surface area contributed by atoms with Crippen molar-refractivity contribution in [3.05, 3.63) is 95.0 Å². The van der Waals surface area contributed by atoms with E-state index in [2.05, 4.69) is 15.5 Å². The number of nitrogen functional groups attached to an aromatic ring is 1. The normalized spacial score (nSPS) is 11.7. The summed E-state index contributed by atoms with van der Waals surface area (Å²) in [6, 6.07) is 23.3. The minimum atomic E-state index is -0.661. The van der Waals surface area contributed by atoms with E-state index < -0.39 is 5.25 Å². The van der Waals surface area contributed by atoms with Crippen LogP contribution in [0.3, 0.4) is 0 Å². The summed E-state index contributed by atoms with van der Waals surface area (Å²) in [5.41, 5.74) is 2.54. The first-order chi connectivity index (χ1) is 15.9. The number of aromatic nitrogens is 3. The number of carbonyl (C=O) groups is 2. The molecule has 1 amide bonds. The topological polar surface area (TPSA) is 103 Å². The third-order valence-electron chi connectivity index (χ3n) is 4.85. The highest BCUT2D eigenvalue weighted by molar-refractivity contribution is 8.00. The Kier molecular flexibility index (Phi) is 6.76. The third-order valence-corrected chi connectivity index (χ3v) is 6.29. The van der Waals surface area contributed by atoms with Gasteiger partial charge in [0.2, 0.25) is 11.1 Å². The fourth-order valence-electron chi connectivity index (χ4n) is 3.21. The molecule has 0 aliphatic heterocycles. The molecule has 1 atom stereocenters. The largest absolute Gasteiger partial charge is 0.335 e. The fraction of sp³-hybridized carbons (Fsp3) is 0.0833. The molecule has 1 heterocycles. The van der Waals surface area contributed by atoms with Gasteiger partial charge in [0.15, 0.2) is 11.6 Å². The van der Waals surface area contributed by atoms with Gasteiger partial charge in [0.25, 0.3) is 0 Å². The standard InChI is InChI=1S/C24H20ClN5O2S/c1-15(31)17-9-6-12-20(14-17)27-23(32)21(16-7-3-2-4-8-16)33-24-29-28-22(30(24)26)18-10-5-11-19(25)13-18/h2-14,21H,26H2,1H3,(H,27,32)/t21-/m1/s1. The SMILES string of the molecule is CC(=O)c1cccc(NC(=O)[C@H](Sc2nnc(-c3cccc(Cl)c3)n2N)c2ccccc2)c1. The molecule has 0 fully saturated rings. The highest BCUT2D eigenvalue weighted by Gasteiger charge is 2.26. The number of ketones is 1. The van der Waals surface area contributed by atoms with Gasteiger partial charge in [0, 0.05) is 21.8 Å². The molecule has 0 aliphatic carbocycles. The number of nitrogens with two attached hydrogens (primary N) is 1. The second kappa shape index (κ2) is 9.89. The van der Waals surface area contributed by atoms with Crippen molar-refractivity contribution in [3.8, 4) is 11.4 Å². The number of nitrogens with zero attached hydrogens (tertiary/aromatic N) is 3. The summed E-state index contributed by atoms with van der Waals surface area (Å²) in [6.07, 6.45) is 0. The molecule has 7 nitrogen and oxygen atoms in total. The van der Waals surface area contributed by atoms with Crippen LogP contribution in [0, 0.1) is 0 Å². The van der Waals surface area contributed by atoms with Gasteiger partial charge in [-0.05, 0) is 36.8 Å². The Bertz CT molecular complexity index is 1310. The number of hydrogen-bond donors (Lipinski definition) is 2. The Morgan fingerprint density at radius 3 is 2.48 bits per heavy atom. The average Bonchev–Trinajstić information content (AvgIpc) is 3.18. The number of thioether (sulfide) groups is 1. The van der Waals surface area contributed by atoms with Gasteiger partial charge in [-0.2, -0.15) is 0 Å². The van der Waals surface area contributed by atoms with Crippen LogP contribution in [-0.2, 0) is 4.79 Å². The van der Waals surface area contributed by atoms with Crippen molar-refractivity contribution >= 4 is 40.7 Å². The predicted molar refractivity (Wildman–Crippen MR) is 131 cm³/mol. The van der Waals surface area contributed by atoms with E-state index in [1.54, 1.807) is 42.5 Å². The van der Waals surface area contributed by atoms with Crippen LogP contribution in [-0.4, -0.2) is 26.6 Å². The maximum Gasteiger partial charge on any atom is 0.242 e. The molecule has 33 heavy (non-hydrogen) atoms. The van der Waals surface area contributed by atoms with Crippen LogP contribution in [0.1, 0.15) is 28.1 Å². The number of hydrogen-bond acceptors (Lipinski definition) is 6. The maximum absolute atomic E-state index is 13.3. The number of carbonyl (C=O) groups excluding carboxylic acids is 2. The van der Waals surface area contributed by atoms with Crippen molar-refractivity contribution in [2.75, 3.05) is 11.2 Å². The van der Waals surface area contributed by atoms with E-state index in [1.165, 1.54) is 23.4 Å². The quantitative estimate of drug-likeness (QED) is 0.221. The monoisotopic (exact) mass is 477 g/mol. The van der Waals surface area contributed by atoms with Crippen molar-refractivity contribution < 1.29 is 9.59 Å². The van der Waals surface area contributed by atoms with Crippen LogP contribution in [0.15, 0.2) is 84.0 Å². The minimum absolute atomic E-state index is 0.0788. The summed E-state index contributed by atoms with van der Waals surface area (Å²) in [5.74, 6) is 6.35. The van der Waals surface area contributed by atoms with E-state index in [1.807, 2.05) is 36.4 Å². The molecule has 3 N–H and O–H groups in total. The summed E-state index contributed by atoms with van der Waals surface area (Å²) in [6.45, 7) is 1.48. The number of benzene rings is 3. The molecule has 0 spiro atoms.